The van der Waals surface area contributed by atoms with E-state index in [4.69, 9.17) is 10.5 Å². The van der Waals surface area contributed by atoms with Crippen molar-refractivity contribution in [3.63, 3.8) is 0 Å². The lowest BCUT2D eigenvalue weighted by atomic mass is 9.85. The number of anilines is 1. The van der Waals surface area contributed by atoms with E-state index in [1.165, 1.54) is 48.5 Å². The summed E-state index contributed by atoms with van der Waals surface area (Å²) < 4.78 is 18.9. The molecular weight excluding hydrogens is 379 g/mol. The predicted molar refractivity (Wildman–Crippen MR) is 103 cm³/mol. The van der Waals surface area contributed by atoms with E-state index in [0.29, 0.717) is 11.1 Å². The largest absolute Gasteiger partial charge is 0.495 e. The van der Waals surface area contributed by atoms with Gasteiger partial charge in [-0.3, -0.25) is 14.5 Å². The Labute approximate surface area is 166 Å². The van der Waals surface area contributed by atoms with Gasteiger partial charge in [0.1, 0.15) is 11.6 Å². The number of nitrogens with two attached hydrogens (primary N) is 1. The zero-order valence-electron chi connectivity index (χ0n) is 15.8. The number of carbonyl (C=O) groups excluding carboxylic acids is 2. The molecule has 1 atom stereocenters. The summed E-state index contributed by atoms with van der Waals surface area (Å²) in [4.78, 5) is 37.5. The Hall–Kier alpha value is -3.68. The van der Waals surface area contributed by atoms with E-state index in [9.17, 15) is 23.9 Å². The SMILES string of the molecule is COc1cc(C(N)=O)c(C)cc1N1C=C(C(=O)O)C(c2cccc(F)c2)CC1=O. The average Bonchev–Trinajstić information content (AvgIpc) is 2.67. The maximum Gasteiger partial charge on any atom is 0.333 e. The van der Waals surface area contributed by atoms with Crippen LogP contribution in [0.2, 0.25) is 0 Å². The van der Waals surface area contributed by atoms with Crippen molar-refractivity contribution in [3.05, 3.63) is 70.7 Å². The molecule has 8 heteroatoms. The molecular formula is C21H19FN2O5. The molecule has 3 rings (SSSR count). The van der Waals surface area contributed by atoms with Crippen LogP contribution >= 0.6 is 0 Å². The van der Waals surface area contributed by atoms with E-state index in [1.807, 2.05) is 0 Å². The number of aryl methyl sites for hydroxylation is 1. The van der Waals surface area contributed by atoms with Gasteiger partial charge in [-0.15, -0.1) is 0 Å². The molecule has 0 bridgehead atoms. The van der Waals surface area contributed by atoms with Crippen LogP contribution in [0.5, 0.6) is 5.75 Å². The van der Waals surface area contributed by atoms with Gasteiger partial charge in [0.25, 0.3) is 0 Å². The van der Waals surface area contributed by atoms with Crippen molar-refractivity contribution in [2.24, 2.45) is 5.73 Å². The van der Waals surface area contributed by atoms with Gasteiger partial charge in [0.15, 0.2) is 0 Å². The lowest BCUT2D eigenvalue weighted by Crippen LogP contribution is -2.34. The van der Waals surface area contributed by atoms with Gasteiger partial charge >= 0.3 is 5.97 Å². The molecule has 0 aromatic heterocycles. The molecule has 2 aromatic carbocycles. The molecule has 0 fully saturated rings. The number of hydrogen-bond donors (Lipinski definition) is 2. The van der Waals surface area contributed by atoms with Gasteiger partial charge in [-0.25, -0.2) is 9.18 Å². The lowest BCUT2D eigenvalue weighted by molar-refractivity contribution is -0.133. The zero-order chi connectivity index (χ0) is 21.3. The Kier molecular flexibility index (Phi) is 5.36. The molecule has 7 nitrogen and oxygen atoms in total. The summed E-state index contributed by atoms with van der Waals surface area (Å²) in [6, 6.07) is 8.47. The second kappa shape index (κ2) is 7.75. The number of carboxylic acids is 1. The number of ether oxygens (including phenoxy) is 1. The molecule has 2 aromatic rings. The molecule has 3 N–H and O–H groups in total. The number of amides is 2. The molecule has 0 saturated heterocycles. The van der Waals surface area contributed by atoms with Gasteiger partial charge < -0.3 is 15.6 Å². The van der Waals surface area contributed by atoms with Crippen LogP contribution in [0.15, 0.2) is 48.2 Å². The summed E-state index contributed by atoms with van der Waals surface area (Å²) in [7, 11) is 1.37. The Morgan fingerprint density at radius 3 is 2.59 bits per heavy atom. The fraction of sp³-hybridized carbons (Fsp3) is 0.190. The topological polar surface area (TPSA) is 110 Å². The van der Waals surface area contributed by atoms with E-state index >= 15 is 0 Å². The standard InChI is InChI=1S/C21H19FN2O5/c1-11-6-17(18(29-2)8-14(11)20(23)26)24-10-16(21(27)28)15(9-19(24)25)12-4-3-5-13(22)7-12/h3-8,10,15H,9H2,1-2H3,(H2,23,26)(H,27,28). The number of primary amides is 1. The summed E-state index contributed by atoms with van der Waals surface area (Å²) in [5, 5.41) is 9.70. The number of rotatable bonds is 5. The van der Waals surface area contributed by atoms with Crippen molar-refractivity contribution in [1.82, 2.24) is 0 Å². The van der Waals surface area contributed by atoms with Crippen LogP contribution in [-0.2, 0) is 9.59 Å². The van der Waals surface area contributed by atoms with Gasteiger partial charge in [0.05, 0.1) is 18.4 Å². The second-order valence-electron chi connectivity index (χ2n) is 6.67. The molecule has 1 heterocycles. The highest BCUT2D eigenvalue weighted by Gasteiger charge is 2.34. The summed E-state index contributed by atoms with van der Waals surface area (Å²) in [5.41, 5.74) is 6.73. The molecule has 150 valence electrons. The minimum Gasteiger partial charge on any atom is -0.495 e. The first-order valence-corrected chi connectivity index (χ1v) is 8.74. The molecule has 0 spiro atoms. The number of carbonyl (C=O) groups is 3. The highest BCUT2D eigenvalue weighted by molar-refractivity contribution is 6.04. The quantitative estimate of drug-likeness (QED) is 0.805. The van der Waals surface area contributed by atoms with Crippen LogP contribution in [0.3, 0.4) is 0 Å². The van der Waals surface area contributed by atoms with E-state index in [1.54, 1.807) is 13.0 Å². The van der Waals surface area contributed by atoms with Gasteiger partial charge in [-0.2, -0.15) is 0 Å². The molecule has 1 unspecified atom stereocenters. The smallest absolute Gasteiger partial charge is 0.333 e. The van der Waals surface area contributed by atoms with E-state index in [-0.39, 0.29) is 29.0 Å². The van der Waals surface area contributed by atoms with Gasteiger partial charge in [0, 0.05) is 24.1 Å². The highest BCUT2D eigenvalue weighted by Crippen LogP contribution is 2.39. The van der Waals surface area contributed by atoms with Crippen LogP contribution in [0.1, 0.15) is 33.8 Å². The molecule has 1 aliphatic rings. The Morgan fingerprint density at radius 1 is 1.28 bits per heavy atom. The maximum absolute atomic E-state index is 13.6. The van der Waals surface area contributed by atoms with E-state index < -0.39 is 29.5 Å². The fourth-order valence-corrected chi connectivity index (χ4v) is 3.40. The second-order valence-corrected chi connectivity index (χ2v) is 6.67. The minimum absolute atomic E-state index is 0.0612. The molecule has 1 aliphatic heterocycles. The number of hydrogen-bond acceptors (Lipinski definition) is 4. The van der Waals surface area contributed by atoms with Crippen molar-refractivity contribution in [1.29, 1.82) is 0 Å². The summed E-state index contributed by atoms with van der Waals surface area (Å²) in [5.74, 6) is -3.37. The normalized spacial score (nSPS) is 16.4. The molecule has 0 aliphatic carbocycles. The van der Waals surface area contributed by atoms with Gasteiger partial charge in [-0.1, -0.05) is 12.1 Å². The maximum atomic E-state index is 13.6. The van der Waals surface area contributed by atoms with Crippen molar-refractivity contribution in [2.45, 2.75) is 19.3 Å². The number of benzene rings is 2. The zero-order valence-corrected chi connectivity index (χ0v) is 15.8. The Morgan fingerprint density at radius 2 is 2.00 bits per heavy atom. The molecule has 0 saturated carbocycles. The van der Waals surface area contributed by atoms with Crippen LogP contribution in [0, 0.1) is 12.7 Å². The van der Waals surface area contributed by atoms with Gasteiger partial charge in [0.2, 0.25) is 11.8 Å². The summed E-state index contributed by atoms with van der Waals surface area (Å²) >= 11 is 0. The van der Waals surface area contributed by atoms with Crippen molar-refractivity contribution in [2.75, 3.05) is 12.0 Å². The van der Waals surface area contributed by atoms with Crippen LogP contribution < -0.4 is 15.4 Å². The van der Waals surface area contributed by atoms with Crippen molar-refractivity contribution in [3.8, 4) is 5.75 Å². The highest BCUT2D eigenvalue weighted by atomic mass is 19.1. The first-order valence-electron chi connectivity index (χ1n) is 8.74. The monoisotopic (exact) mass is 398 g/mol. The Balaban J connectivity index is 2.12. The van der Waals surface area contributed by atoms with Crippen molar-refractivity contribution < 1.29 is 28.6 Å². The summed E-state index contributed by atoms with van der Waals surface area (Å²) in [6.07, 6.45) is 1.05. The number of carboxylic acid groups (broad SMARTS) is 1. The summed E-state index contributed by atoms with van der Waals surface area (Å²) in [6.45, 7) is 1.65. The fourth-order valence-electron chi connectivity index (χ4n) is 3.40. The van der Waals surface area contributed by atoms with E-state index in [2.05, 4.69) is 0 Å². The molecule has 29 heavy (non-hydrogen) atoms. The third-order valence-electron chi connectivity index (χ3n) is 4.84. The third kappa shape index (κ3) is 3.82. The predicted octanol–water partition coefficient (Wildman–Crippen LogP) is 2.73. The van der Waals surface area contributed by atoms with Gasteiger partial charge in [-0.05, 0) is 42.3 Å². The molecule has 0 radical (unpaired) electrons. The van der Waals surface area contributed by atoms with Crippen LogP contribution in [-0.4, -0.2) is 30.0 Å². The van der Waals surface area contributed by atoms with Crippen molar-refractivity contribution >= 4 is 23.5 Å². The lowest BCUT2D eigenvalue weighted by Gasteiger charge is -2.30. The first-order chi connectivity index (χ1) is 13.7. The number of halogens is 1. The first kappa shape index (κ1) is 20.1. The molecule has 2 amide bonds. The van der Waals surface area contributed by atoms with Crippen LogP contribution in [0.25, 0.3) is 0 Å². The average molecular weight is 398 g/mol. The van der Waals surface area contributed by atoms with Crippen LogP contribution in [0.4, 0.5) is 10.1 Å². The van der Waals surface area contributed by atoms with E-state index in [0.717, 1.165) is 0 Å². The number of nitrogens with zero attached hydrogens (tertiary/aromatic N) is 1. The third-order valence-corrected chi connectivity index (χ3v) is 4.84. The minimum atomic E-state index is -1.22. The number of methoxy groups -OCH3 is 1. The number of aliphatic carboxylic acids is 1. The Bertz CT molecular complexity index is 1050.